The van der Waals surface area contributed by atoms with E-state index in [0.29, 0.717) is 30.6 Å². The molecule has 0 aliphatic heterocycles. The second-order valence-corrected chi connectivity index (χ2v) is 9.21. The molecule has 1 saturated carbocycles. The summed E-state index contributed by atoms with van der Waals surface area (Å²) in [5.41, 5.74) is 4.11. The first-order chi connectivity index (χ1) is 18.4. The maximum absolute atomic E-state index is 12.3. The third-order valence-corrected chi connectivity index (χ3v) is 6.56. The molecule has 2 heterocycles. The van der Waals surface area contributed by atoms with Crippen LogP contribution in [0.2, 0.25) is 0 Å². The molecule has 2 aromatic heterocycles. The van der Waals surface area contributed by atoms with Gasteiger partial charge in [-0.15, -0.1) is 0 Å². The highest BCUT2D eigenvalue weighted by Gasteiger charge is 2.41. The van der Waals surface area contributed by atoms with Crippen molar-refractivity contribution < 1.29 is 19.1 Å². The van der Waals surface area contributed by atoms with E-state index in [1.54, 1.807) is 21.2 Å². The number of aromatic amines is 1. The third kappa shape index (κ3) is 4.82. The number of fused-ring (bicyclic) bond motifs is 1. The Morgan fingerprint density at radius 2 is 2.03 bits per heavy atom. The van der Waals surface area contributed by atoms with Crippen molar-refractivity contribution in [1.29, 1.82) is 0 Å². The number of hydrogen-bond acceptors (Lipinski definition) is 8. The lowest BCUT2D eigenvalue weighted by atomic mass is 10.0. The molecule has 1 fully saturated rings. The summed E-state index contributed by atoms with van der Waals surface area (Å²) in [5, 5.41) is 14.4. The lowest BCUT2D eigenvalue weighted by Crippen LogP contribution is -2.23. The molecule has 0 saturated heterocycles. The van der Waals surface area contributed by atoms with E-state index < -0.39 is 0 Å². The molecular formula is C27H29N7O4. The van der Waals surface area contributed by atoms with Gasteiger partial charge in [0.2, 0.25) is 6.41 Å². The number of aromatic nitrogens is 4. The molecule has 11 nitrogen and oxygen atoms in total. The van der Waals surface area contributed by atoms with Gasteiger partial charge in [0.05, 0.1) is 25.4 Å². The molecule has 2 amide bonds. The van der Waals surface area contributed by atoms with Gasteiger partial charge in [0.1, 0.15) is 5.75 Å². The quantitative estimate of drug-likeness (QED) is 0.269. The maximum atomic E-state index is 12.3. The molecule has 5 rings (SSSR count). The molecule has 3 N–H and O–H groups in total. The fourth-order valence-corrected chi connectivity index (χ4v) is 4.58. The number of ether oxygens (including phenoxy) is 2. The fourth-order valence-electron chi connectivity index (χ4n) is 4.58. The van der Waals surface area contributed by atoms with Gasteiger partial charge in [0.15, 0.2) is 17.3 Å². The zero-order valence-electron chi connectivity index (χ0n) is 21.6. The zero-order valence-corrected chi connectivity index (χ0v) is 21.6. The van der Waals surface area contributed by atoms with Crippen LogP contribution in [-0.2, 0) is 4.79 Å². The smallest absolute Gasteiger partial charge is 0.273 e. The normalized spacial score (nSPS) is 16.1. The van der Waals surface area contributed by atoms with Crippen molar-refractivity contribution in [1.82, 2.24) is 25.1 Å². The van der Waals surface area contributed by atoms with Crippen LogP contribution in [0.15, 0.2) is 42.6 Å². The minimum atomic E-state index is -0.260. The molecule has 2 aromatic carbocycles. The Bertz CT molecular complexity index is 1500. The molecule has 2 atom stereocenters. The van der Waals surface area contributed by atoms with E-state index in [1.165, 1.54) is 16.7 Å². The average molecular weight is 516 g/mol. The summed E-state index contributed by atoms with van der Waals surface area (Å²) in [5.74, 6) is 2.27. The number of anilines is 3. The highest BCUT2D eigenvalue weighted by Crippen LogP contribution is 2.57. The van der Waals surface area contributed by atoms with Gasteiger partial charge < -0.3 is 25.0 Å². The monoisotopic (exact) mass is 515 g/mol. The minimum absolute atomic E-state index is 0.196. The highest BCUT2D eigenvalue weighted by molar-refractivity contribution is 5.93. The number of methoxy groups -OCH3 is 1. The standard InChI is InChI=1S/C27H29N7O4/c1-5-38-26-25(28-13-23(30-26)27(36)34(2)3)31-24-17-8-6-15(10-22(17)32-33-24)18-12-19(18)20-11-16(37-4)7-9-21(20)29-14-35/h6-11,13-14,18-19H,5,12H2,1-4H3,(H,29,35)(H2,28,31,32,33). The number of nitrogens with one attached hydrogen (secondary N) is 3. The lowest BCUT2D eigenvalue weighted by Gasteiger charge is -2.13. The van der Waals surface area contributed by atoms with Gasteiger partial charge in [-0.2, -0.15) is 5.10 Å². The predicted octanol–water partition coefficient (Wildman–Crippen LogP) is 4.05. The lowest BCUT2D eigenvalue weighted by molar-refractivity contribution is -0.105. The molecule has 1 aliphatic carbocycles. The van der Waals surface area contributed by atoms with Crippen molar-refractivity contribution in [2.45, 2.75) is 25.2 Å². The van der Waals surface area contributed by atoms with E-state index >= 15 is 0 Å². The van der Waals surface area contributed by atoms with E-state index in [-0.39, 0.29) is 23.4 Å². The second-order valence-electron chi connectivity index (χ2n) is 9.21. The summed E-state index contributed by atoms with van der Waals surface area (Å²) in [7, 11) is 4.94. The fraction of sp³-hybridized carbons (Fsp3) is 0.296. The number of rotatable bonds is 10. The summed E-state index contributed by atoms with van der Waals surface area (Å²) >= 11 is 0. The number of benzene rings is 2. The summed E-state index contributed by atoms with van der Waals surface area (Å²) in [6.45, 7) is 2.21. The molecule has 38 heavy (non-hydrogen) atoms. The minimum Gasteiger partial charge on any atom is -0.497 e. The van der Waals surface area contributed by atoms with Crippen LogP contribution >= 0.6 is 0 Å². The van der Waals surface area contributed by atoms with Crippen molar-refractivity contribution in [2.75, 3.05) is 38.4 Å². The summed E-state index contributed by atoms with van der Waals surface area (Å²) in [4.78, 5) is 33.6. The molecule has 196 valence electrons. The largest absolute Gasteiger partial charge is 0.497 e. The number of H-pyrrole nitrogens is 1. The van der Waals surface area contributed by atoms with E-state index in [0.717, 1.165) is 34.3 Å². The van der Waals surface area contributed by atoms with Gasteiger partial charge in [-0.25, -0.2) is 9.97 Å². The third-order valence-electron chi connectivity index (χ3n) is 6.56. The van der Waals surface area contributed by atoms with E-state index in [1.807, 2.05) is 31.2 Å². The van der Waals surface area contributed by atoms with Crippen LogP contribution in [0.25, 0.3) is 10.9 Å². The van der Waals surface area contributed by atoms with Gasteiger partial charge in [0, 0.05) is 25.2 Å². The number of carbonyl (C=O) groups excluding carboxylic acids is 2. The summed E-state index contributed by atoms with van der Waals surface area (Å²) < 4.78 is 11.0. The highest BCUT2D eigenvalue weighted by atomic mass is 16.5. The molecule has 0 radical (unpaired) electrons. The maximum Gasteiger partial charge on any atom is 0.273 e. The van der Waals surface area contributed by atoms with Crippen LogP contribution in [-0.4, -0.2) is 65.2 Å². The molecule has 1 aliphatic rings. The van der Waals surface area contributed by atoms with Crippen LogP contribution < -0.4 is 20.1 Å². The van der Waals surface area contributed by atoms with Crippen LogP contribution in [0.4, 0.5) is 17.3 Å². The first-order valence-corrected chi connectivity index (χ1v) is 12.3. The van der Waals surface area contributed by atoms with E-state index in [4.69, 9.17) is 9.47 Å². The van der Waals surface area contributed by atoms with Crippen molar-refractivity contribution in [3.8, 4) is 11.6 Å². The van der Waals surface area contributed by atoms with Crippen molar-refractivity contribution in [2.24, 2.45) is 0 Å². The Morgan fingerprint density at radius 1 is 1.18 bits per heavy atom. The number of hydrogen-bond donors (Lipinski definition) is 3. The van der Waals surface area contributed by atoms with Gasteiger partial charge >= 0.3 is 0 Å². The Hall–Kier alpha value is -4.67. The second kappa shape index (κ2) is 10.4. The average Bonchev–Trinajstić information content (AvgIpc) is 3.63. The molecule has 0 bridgehead atoms. The van der Waals surface area contributed by atoms with Gasteiger partial charge in [0.25, 0.3) is 11.8 Å². The Kier molecular flexibility index (Phi) is 6.82. The summed E-state index contributed by atoms with van der Waals surface area (Å²) in [6, 6.07) is 11.9. The van der Waals surface area contributed by atoms with Crippen molar-refractivity contribution >= 4 is 40.5 Å². The number of carbonyl (C=O) groups is 2. The van der Waals surface area contributed by atoms with Gasteiger partial charge in [-0.1, -0.05) is 6.07 Å². The Labute approximate surface area is 219 Å². The van der Waals surface area contributed by atoms with Crippen LogP contribution in [0.5, 0.6) is 11.6 Å². The molecule has 11 heteroatoms. The topological polar surface area (TPSA) is 134 Å². The first kappa shape index (κ1) is 25.0. The molecule has 0 spiro atoms. The Morgan fingerprint density at radius 3 is 2.76 bits per heavy atom. The van der Waals surface area contributed by atoms with Crippen molar-refractivity contribution in [3.05, 3.63) is 59.4 Å². The van der Waals surface area contributed by atoms with Crippen molar-refractivity contribution in [3.63, 3.8) is 0 Å². The van der Waals surface area contributed by atoms with Crippen LogP contribution in [0, 0.1) is 0 Å². The predicted molar refractivity (Wildman–Crippen MR) is 143 cm³/mol. The van der Waals surface area contributed by atoms with E-state index in [2.05, 4.69) is 42.9 Å². The molecule has 4 aromatic rings. The van der Waals surface area contributed by atoms with Gasteiger partial charge in [-0.3, -0.25) is 14.7 Å². The SMILES string of the molecule is CCOc1nc(C(=O)N(C)C)cnc1Nc1n[nH]c2cc(C3CC3c3cc(OC)ccc3NC=O)ccc12. The number of nitrogens with zero attached hydrogens (tertiary/aromatic N) is 4. The van der Waals surface area contributed by atoms with Gasteiger partial charge in [-0.05, 0) is 66.6 Å². The zero-order chi connectivity index (χ0) is 26.8. The Balaban J connectivity index is 1.38. The first-order valence-electron chi connectivity index (χ1n) is 12.3. The number of amides is 2. The van der Waals surface area contributed by atoms with E-state index in [9.17, 15) is 9.59 Å². The summed E-state index contributed by atoms with van der Waals surface area (Å²) in [6.07, 6.45) is 3.08. The van der Waals surface area contributed by atoms with Crippen LogP contribution in [0.1, 0.15) is 46.8 Å². The van der Waals surface area contributed by atoms with Crippen LogP contribution in [0.3, 0.4) is 0 Å². The molecular weight excluding hydrogens is 486 g/mol. The molecule has 2 unspecified atom stereocenters.